The van der Waals surface area contributed by atoms with Crippen LogP contribution in [0.15, 0.2) is 35.5 Å². The first-order valence-corrected chi connectivity index (χ1v) is 12.2. The van der Waals surface area contributed by atoms with E-state index in [0.29, 0.717) is 28.8 Å². The third kappa shape index (κ3) is 4.18. The topological polar surface area (TPSA) is 114 Å². The normalized spacial score (nSPS) is 33.9. The summed E-state index contributed by atoms with van der Waals surface area (Å²) in [6.07, 6.45) is 4.41. The minimum absolute atomic E-state index is 0.154. The van der Waals surface area contributed by atoms with Gasteiger partial charge in [-0.05, 0) is 75.0 Å². The minimum atomic E-state index is -0.791. The summed E-state index contributed by atoms with van der Waals surface area (Å²) < 4.78 is 11.0. The maximum atomic E-state index is 13.3. The van der Waals surface area contributed by atoms with Crippen molar-refractivity contribution in [3.63, 3.8) is 0 Å². The molecule has 4 bridgehead atoms. The standard InChI is InChI=1S/C25H29ClN2O6/c1-2-33-21(29)19-18(27-23(31)28-20(19)16-3-5-17(26)6-4-16)12-34-22(30)24-8-14-7-15(9-24)11-25(32,10-14)13-24/h3-6,14-15,20,32H,2,7-13H2,1H3,(H2,27,28,31)/t14-,15-,20+,24?,25?/m1/s1. The molecular weight excluding hydrogens is 460 g/mol. The van der Waals surface area contributed by atoms with Gasteiger partial charge in [0.05, 0.1) is 34.9 Å². The molecule has 8 nitrogen and oxygen atoms in total. The van der Waals surface area contributed by atoms with Gasteiger partial charge >= 0.3 is 18.0 Å². The first kappa shape index (κ1) is 23.2. The molecule has 1 aromatic carbocycles. The lowest BCUT2D eigenvalue weighted by atomic mass is 9.48. The molecule has 1 aromatic rings. The molecule has 4 fully saturated rings. The summed E-state index contributed by atoms with van der Waals surface area (Å²) in [5.74, 6) is -0.307. The van der Waals surface area contributed by atoms with E-state index in [1.165, 1.54) is 0 Å². The zero-order valence-electron chi connectivity index (χ0n) is 19.1. The highest BCUT2D eigenvalue weighted by Crippen LogP contribution is 2.62. The lowest BCUT2D eigenvalue weighted by molar-refractivity contribution is -0.195. The highest BCUT2D eigenvalue weighted by atomic mass is 35.5. The average molecular weight is 489 g/mol. The van der Waals surface area contributed by atoms with E-state index in [9.17, 15) is 19.5 Å². The lowest BCUT2D eigenvalue weighted by Crippen LogP contribution is -2.58. The van der Waals surface area contributed by atoms with Crippen molar-refractivity contribution in [1.29, 1.82) is 0 Å². The Labute approximate surface area is 203 Å². The van der Waals surface area contributed by atoms with Crippen LogP contribution in [0.3, 0.4) is 0 Å². The van der Waals surface area contributed by atoms with Gasteiger partial charge in [-0.15, -0.1) is 0 Å². The largest absolute Gasteiger partial charge is 0.463 e. The third-order valence-electron chi connectivity index (χ3n) is 7.66. The van der Waals surface area contributed by atoms with Gasteiger partial charge < -0.3 is 25.2 Å². The summed E-state index contributed by atoms with van der Waals surface area (Å²) >= 11 is 6.00. The number of nitrogens with one attached hydrogen (secondary N) is 2. The molecule has 1 aliphatic heterocycles. The predicted molar refractivity (Wildman–Crippen MR) is 123 cm³/mol. The van der Waals surface area contributed by atoms with E-state index < -0.39 is 29.1 Å². The van der Waals surface area contributed by atoms with Crippen molar-refractivity contribution in [3.05, 3.63) is 46.1 Å². The van der Waals surface area contributed by atoms with Gasteiger partial charge in [0.1, 0.15) is 6.61 Å². The van der Waals surface area contributed by atoms with E-state index in [2.05, 4.69) is 10.6 Å². The Kier molecular flexibility index (Phi) is 5.84. The molecule has 4 saturated carbocycles. The van der Waals surface area contributed by atoms with Crippen molar-refractivity contribution in [2.75, 3.05) is 13.2 Å². The zero-order valence-corrected chi connectivity index (χ0v) is 19.8. The molecule has 9 heteroatoms. The van der Waals surface area contributed by atoms with Gasteiger partial charge in [-0.2, -0.15) is 0 Å². The zero-order chi connectivity index (χ0) is 24.1. The van der Waals surface area contributed by atoms with Crippen LogP contribution in [0, 0.1) is 17.3 Å². The molecule has 6 rings (SSSR count). The molecule has 0 saturated heterocycles. The molecule has 4 aliphatic carbocycles. The van der Waals surface area contributed by atoms with E-state index >= 15 is 0 Å². The molecular formula is C25H29ClN2O6. The molecule has 2 amide bonds. The van der Waals surface area contributed by atoms with Gasteiger partial charge in [0.25, 0.3) is 0 Å². The highest BCUT2D eigenvalue weighted by Gasteiger charge is 2.61. The fourth-order valence-electron chi connectivity index (χ4n) is 6.83. The Morgan fingerprint density at radius 2 is 1.79 bits per heavy atom. The predicted octanol–water partition coefficient (Wildman–Crippen LogP) is 3.39. The number of amides is 2. The summed E-state index contributed by atoms with van der Waals surface area (Å²) in [7, 11) is 0. The first-order chi connectivity index (χ1) is 16.2. The third-order valence-corrected chi connectivity index (χ3v) is 7.92. The summed E-state index contributed by atoms with van der Waals surface area (Å²) in [6, 6.07) is 5.49. The quantitative estimate of drug-likeness (QED) is 0.529. The number of rotatable bonds is 6. The van der Waals surface area contributed by atoms with Crippen LogP contribution in [0.2, 0.25) is 5.02 Å². The monoisotopic (exact) mass is 488 g/mol. The van der Waals surface area contributed by atoms with Gasteiger partial charge in [-0.3, -0.25) is 4.79 Å². The van der Waals surface area contributed by atoms with Gasteiger partial charge in [-0.25, -0.2) is 9.59 Å². The van der Waals surface area contributed by atoms with E-state index in [-0.39, 0.29) is 30.5 Å². The van der Waals surface area contributed by atoms with Crippen molar-refractivity contribution in [3.8, 4) is 0 Å². The van der Waals surface area contributed by atoms with Crippen molar-refractivity contribution < 1.29 is 29.0 Å². The maximum absolute atomic E-state index is 13.3. The number of carbonyl (C=O) groups excluding carboxylic acids is 3. The number of ether oxygens (including phenoxy) is 2. The number of halogens is 1. The molecule has 1 heterocycles. The molecule has 3 N–H and O–H groups in total. The Bertz CT molecular complexity index is 1040. The fraction of sp³-hybridized carbons (Fsp3) is 0.560. The van der Waals surface area contributed by atoms with Gasteiger partial charge in [-0.1, -0.05) is 23.7 Å². The second-order valence-corrected chi connectivity index (χ2v) is 10.7. The Morgan fingerprint density at radius 1 is 1.12 bits per heavy atom. The van der Waals surface area contributed by atoms with Crippen molar-refractivity contribution in [2.45, 2.75) is 57.1 Å². The van der Waals surface area contributed by atoms with E-state index in [0.717, 1.165) is 32.1 Å². The maximum Gasteiger partial charge on any atom is 0.338 e. The number of urea groups is 1. The van der Waals surface area contributed by atoms with E-state index in [1.54, 1.807) is 31.2 Å². The van der Waals surface area contributed by atoms with Crippen LogP contribution >= 0.6 is 11.6 Å². The molecule has 0 aromatic heterocycles. The SMILES string of the molecule is CCOC(=O)C1=C(COC(=O)C23C[C@H]4C[C@@H](CC(O)(C4)C2)C3)NC(=O)N[C@H]1c1ccc(Cl)cc1. The molecule has 3 atom stereocenters. The van der Waals surface area contributed by atoms with Crippen molar-refractivity contribution in [2.24, 2.45) is 17.3 Å². The molecule has 0 unspecified atom stereocenters. The van der Waals surface area contributed by atoms with Crippen LogP contribution < -0.4 is 10.6 Å². The summed E-state index contributed by atoms with van der Waals surface area (Å²) in [5.41, 5.74) is -0.467. The van der Waals surface area contributed by atoms with Crippen LogP contribution in [-0.2, 0) is 19.1 Å². The Morgan fingerprint density at radius 3 is 2.41 bits per heavy atom. The second kappa shape index (κ2) is 8.57. The van der Waals surface area contributed by atoms with Gasteiger partial charge in [0.2, 0.25) is 0 Å². The van der Waals surface area contributed by atoms with Crippen LogP contribution in [0.5, 0.6) is 0 Å². The number of hydrogen-bond acceptors (Lipinski definition) is 6. The fourth-order valence-corrected chi connectivity index (χ4v) is 6.96. The smallest absolute Gasteiger partial charge is 0.338 e. The average Bonchev–Trinajstić information content (AvgIpc) is 2.76. The van der Waals surface area contributed by atoms with Crippen LogP contribution in [0.25, 0.3) is 0 Å². The number of carbonyl (C=O) groups is 3. The molecule has 0 radical (unpaired) electrons. The first-order valence-electron chi connectivity index (χ1n) is 11.8. The van der Waals surface area contributed by atoms with E-state index in [4.69, 9.17) is 21.1 Å². The van der Waals surface area contributed by atoms with Crippen molar-refractivity contribution >= 4 is 29.6 Å². The Balaban J connectivity index is 1.41. The summed E-state index contributed by atoms with van der Waals surface area (Å²) in [4.78, 5) is 38.7. The molecule has 0 spiro atoms. The minimum Gasteiger partial charge on any atom is -0.463 e. The molecule has 34 heavy (non-hydrogen) atoms. The number of benzene rings is 1. The molecule has 182 valence electrons. The Hall–Kier alpha value is -2.58. The summed E-state index contributed by atoms with van der Waals surface area (Å²) in [5, 5.41) is 16.9. The molecule has 5 aliphatic rings. The summed E-state index contributed by atoms with van der Waals surface area (Å²) in [6.45, 7) is 1.59. The second-order valence-electron chi connectivity index (χ2n) is 10.2. The van der Waals surface area contributed by atoms with Crippen LogP contribution in [0.1, 0.15) is 57.1 Å². The number of hydrogen-bond donors (Lipinski definition) is 3. The number of esters is 2. The van der Waals surface area contributed by atoms with Crippen LogP contribution in [0.4, 0.5) is 4.79 Å². The lowest BCUT2D eigenvalue weighted by Gasteiger charge is -2.58. The van der Waals surface area contributed by atoms with Crippen LogP contribution in [-0.4, -0.2) is 41.9 Å². The van der Waals surface area contributed by atoms with Gasteiger partial charge in [0.15, 0.2) is 0 Å². The number of aliphatic hydroxyl groups is 1. The van der Waals surface area contributed by atoms with E-state index in [1.807, 2.05) is 0 Å². The highest BCUT2D eigenvalue weighted by molar-refractivity contribution is 6.30. The van der Waals surface area contributed by atoms with Crippen molar-refractivity contribution in [1.82, 2.24) is 10.6 Å². The van der Waals surface area contributed by atoms with Gasteiger partial charge in [0, 0.05) is 5.02 Å².